The van der Waals surface area contributed by atoms with Crippen LogP contribution < -0.4 is 4.72 Å². The van der Waals surface area contributed by atoms with Crippen molar-refractivity contribution in [2.24, 2.45) is 5.41 Å². The predicted octanol–water partition coefficient (Wildman–Crippen LogP) is 2.56. The maximum Gasteiger partial charge on any atom is 0.0893 e. The summed E-state index contributed by atoms with van der Waals surface area (Å²) < 4.78 is 3.37. The summed E-state index contributed by atoms with van der Waals surface area (Å²) in [5.74, 6) is 0. The highest BCUT2D eigenvalue weighted by atomic mass is 32.3. The second-order valence-corrected chi connectivity index (χ2v) is 8.80. The number of nitrogens with one attached hydrogen (secondary N) is 1. The van der Waals surface area contributed by atoms with E-state index in [0.29, 0.717) is 0 Å². The molecule has 0 radical (unpaired) electrons. The first-order valence-corrected chi connectivity index (χ1v) is 6.90. The number of thiocarbonyl (C=S) groups is 1. The molecule has 0 saturated carbocycles. The molecule has 0 spiro atoms. The maximum absolute atomic E-state index is 5.25. The van der Waals surface area contributed by atoms with Crippen molar-refractivity contribution in [1.82, 2.24) is 4.72 Å². The summed E-state index contributed by atoms with van der Waals surface area (Å²) in [5.41, 5.74) is 0.107. The first-order chi connectivity index (χ1) is 4.63. The largest absolute Gasteiger partial charge is 0.342 e. The Balaban J connectivity index is 4.11. The smallest absolute Gasteiger partial charge is 0.0893 e. The van der Waals surface area contributed by atoms with Crippen LogP contribution in [0.15, 0.2) is 0 Å². The summed E-state index contributed by atoms with van der Waals surface area (Å²) in [6.45, 7) is 6.40. The van der Waals surface area contributed by atoms with Gasteiger partial charge in [-0.15, -0.1) is 0 Å². The Bertz CT molecular complexity index is 150. The van der Waals surface area contributed by atoms with Crippen LogP contribution in [0.3, 0.4) is 0 Å². The second-order valence-electron chi connectivity index (χ2n) is 4.52. The summed E-state index contributed by atoms with van der Waals surface area (Å²) in [6.07, 6.45) is 6.60. The molecule has 0 aliphatic heterocycles. The monoisotopic (exact) mass is 193 g/mol. The van der Waals surface area contributed by atoms with Crippen molar-refractivity contribution in [2.75, 3.05) is 18.8 Å². The summed E-state index contributed by atoms with van der Waals surface area (Å²) in [6, 6.07) is 0. The topological polar surface area (TPSA) is 12.0 Å². The molecule has 3 heteroatoms. The third kappa shape index (κ3) is 5.50. The second kappa shape index (κ2) is 3.31. The van der Waals surface area contributed by atoms with Gasteiger partial charge in [0.15, 0.2) is 0 Å². The summed E-state index contributed by atoms with van der Waals surface area (Å²) in [5, 5.41) is 0. The minimum Gasteiger partial charge on any atom is -0.342 e. The molecule has 0 unspecified atom stereocenters. The van der Waals surface area contributed by atoms with Crippen molar-refractivity contribution in [3.05, 3.63) is 0 Å². The first kappa shape index (κ1) is 11.2. The van der Waals surface area contributed by atoms with Crippen LogP contribution in [0.1, 0.15) is 20.8 Å². The number of hydrogen-bond acceptors (Lipinski definition) is 1. The van der Waals surface area contributed by atoms with Gasteiger partial charge in [-0.1, -0.05) is 33.0 Å². The lowest BCUT2D eigenvalue weighted by molar-refractivity contribution is 0.591. The SMILES string of the molecule is CC(C)(C)C(=S)NS(C)(C)C. The van der Waals surface area contributed by atoms with Crippen LogP contribution in [0.25, 0.3) is 0 Å². The average Bonchev–Trinajstić information content (AvgIpc) is 1.56. The van der Waals surface area contributed by atoms with Gasteiger partial charge in [0.2, 0.25) is 0 Å². The zero-order valence-corrected chi connectivity index (χ0v) is 9.95. The normalized spacial score (nSPS) is 14.4. The molecule has 1 N–H and O–H groups in total. The molecule has 0 fully saturated rings. The van der Waals surface area contributed by atoms with Crippen LogP contribution in [-0.2, 0) is 0 Å². The molecule has 0 saturated heterocycles. The standard InChI is InChI=1S/C8H19NS2/c1-8(2,3)7(10)9-11(4,5)6/h1-6H3,(H,9,10). The lowest BCUT2D eigenvalue weighted by Crippen LogP contribution is -2.34. The van der Waals surface area contributed by atoms with Crippen LogP contribution in [0, 0.1) is 5.41 Å². The zero-order chi connectivity index (χ0) is 9.28. The van der Waals surface area contributed by atoms with Crippen LogP contribution in [0.5, 0.6) is 0 Å². The van der Waals surface area contributed by atoms with Crippen LogP contribution in [-0.4, -0.2) is 23.8 Å². The van der Waals surface area contributed by atoms with E-state index in [0.717, 1.165) is 4.99 Å². The van der Waals surface area contributed by atoms with Gasteiger partial charge in [0.05, 0.1) is 4.99 Å². The lowest BCUT2D eigenvalue weighted by Gasteiger charge is -2.33. The summed E-state index contributed by atoms with van der Waals surface area (Å²) in [7, 11) is -0.698. The molecule has 0 bridgehead atoms. The molecular formula is C8H19NS2. The molecule has 1 nitrogen and oxygen atoms in total. The van der Waals surface area contributed by atoms with E-state index in [4.69, 9.17) is 12.2 Å². The number of rotatable bonds is 1. The fraction of sp³-hybridized carbons (Fsp3) is 0.875. The predicted molar refractivity (Wildman–Crippen MR) is 60.6 cm³/mol. The molecule has 0 amide bonds. The van der Waals surface area contributed by atoms with E-state index >= 15 is 0 Å². The minimum absolute atomic E-state index is 0.107. The summed E-state index contributed by atoms with van der Waals surface area (Å²) >= 11 is 5.25. The van der Waals surface area contributed by atoms with Gasteiger partial charge in [-0.25, -0.2) is 0 Å². The van der Waals surface area contributed by atoms with E-state index in [1.165, 1.54) is 0 Å². The van der Waals surface area contributed by atoms with Crippen LogP contribution in [0.4, 0.5) is 0 Å². The summed E-state index contributed by atoms with van der Waals surface area (Å²) in [4.78, 5) is 0.972. The van der Waals surface area contributed by atoms with Gasteiger partial charge in [0, 0.05) is 5.41 Å². The van der Waals surface area contributed by atoms with Crippen LogP contribution >= 0.6 is 22.4 Å². The van der Waals surface area contributed by atoms with Crippen molar-refractivity contribution in [1.29, 1.82) is 0 Å². The van der Waals surface area contributed by atoms with Crippen molar-refractivity contribution in [3.63, 3.8) is 0 Å². The Kier molecular flexibility index (Phi) is 3.39. The van der Waals surface area contributed by atoms with Gasteiger partial charge in [0.1, 0.15) is 0 Å². The van der Waals surface area contributed by atoms with E-state index in [2.05, 4.69) is 44.3 Å². The zero-order valence-electron chi connectivity index (χ0n) is 8.32. The molecule has 0 atom stereocenters. The van der Waals surface area contributed by atoms with Gasteiger partial charge in [-0.05, 0) is 18.8 Å². The highest BCUT2D eigenvalue weighted by Gasteiger charge is 2.19. The Morgan fingerprint density at radius 1 is 1.18 bits per heavy atom. The van der Waals surface area contributed by atoms with Crippen molar-refractivity contribution < 1.29 is 0 Å². The highest BCUT2D eigenvalue weighted by Crippen LogP contribution is 2.31. The Labute approximate surface area is 77.4 Å². The third-order valence-electron chi connectivity index (χ3n) is 1.08. The third-order valence-corrected chi connectivity index (χ3v) is 2.74. The lowest BCUT2D eigenvalue weighted by atomic mass is 9.97. The van der Waals surface area contributed by atoms with E-state index < -0.39 is 10.2 Å². The fourth-order valence-electron chi connectivity index (χ4n) is 0.431. The Hall–Kier alpha value is 0.240. The molecule has 0 rings (SSSR count). The highest BCUT2D eigenvalue weighted by molar-refractivity contribution is 8.31. The molecule has 0 aromatic heterocycles. The van der Waals surface area contributed by atoms with E-state index in [9.17, 15) is 0 Å². The molecule has 11 heavy (non-hydrogen) atoms. The first-order valence-electron chi connectivity index (χ1n) is 3.63. The Morgan fingerprint density at radius 2 is 1.55 bits per heavy atom. The van der Waals surface area contributed by atoms with Gasteiger partial charge >= 0.3 is 0 Å². The van der Waals surface area contributed by atoms with Gasteiger partial charge in [-0.2, -0.15) is 10.2 Å². The molecule has 0 aromatic rings. The van der Waals surface area contributed by atoms with E-state index in [-0.39, 0.29) is 5.41 Å². The quantitative estimate of drug-likeness (QED) is 0.642. The minimum atomic E-state index is -0.698. The molecular weight excluding hydrogens is 174 g/mol. The number of hydrogen-bond donors (Lipinski definition) is 1. The van der Waals surface area contributed by atoms with E-state index in [1.807, 2.05) is 0 Å². The maximum atomic E-state index is 5.25. The van der Waals surface area contributed by atoms with Crippen molar-refractivity contribution >= 4 is 27.4 Å². The van der Waals surface area contributed by atoms with E-state index in [1.54, 1.807) is 0 Å². The van der Waals surface area contributed by atoms with Crippen LogP contribution in [0.2, 0.25) is 0 Å². The molecule has 68 valence electrons. The average molecular weight is 193 g/mol. The fourth-order valence-corrected chi connectivity index (χ4v) is 2.04. The molecule has 0 aliphatic carbocycles. The van der Waals surface area contributed by atoms with Gasteiger partial charge in [-0.3, -0.25) is 0 Å². The van der Waals surface area contributed by atoms with Gasteiger partial charge < -0.3 is 4.72 Å². The van der Waals surface area contributed by atoms with Crippen molar-refractivity contribution in [2.45, 2.75) is 20.8 Å². The van der Waals surface area contributed by atoms with Crippen molar-refractivity contribution in [3.8, 4) is 0 Å². The molecule has 0 aliphatic rings. The molecule has 0 heterocycles. The Morgan fingerprint density at radius 3 is 1.64 bits per heavy atom. The molecule has 0 aromatic carbocycles. The van der Waals surface area contributed by atoms with Gasteiger partial charge in [0.25, 0.3) is 0 Å².